The van der Waals surface area contributed by atoms with Crippen LogP contribution in [0.15, 0.2) is 40.8 Å². The molecule has 0 aromatic rings. The summed E-state index contributed by atoms with van der Waals surface area (Å²) in [5.41, 5.74) is 6.63. The minimum Gasteiger partial charge on any atom is -0.319 e. The summed E-state index contributed by atoms with van der Waals surface area (Å²) in [5.74, 6) is 0. The van der Waals surface area contributed by atoms with Crippen LogP contribution in [0.1, 0.15) is 13.8 Å². The van der Waals surface area contributed by atoms with Crippen LogP contribution in [0.5, 0.6) is 0 Å². The topological polar surface area (TPSA) is 55.4 Å². The Morgan fingerprint density at radius 2 is 2.25 bits per heavy atom. The Morgan fingerprint density at radius 1 is 1.58 bits per heavy atom. The van der Waals surface area contributed by atoms with Gasteiger partial charge in [-0.05, 0) is 30.7 Å². The van der Waals surface area contributed by atoms with Gasteiger partial charge in [0.2, 0.25) is 0 Å². The van der Waals surface area contributed by atoms with E-state index in [-0.39, 0.29) is 0 Å². The van der Waals surface area contributed by atoms with E-state index in [1.807, 2.05) is 26.0 Å². The number of allylic oxidation sites excluding steroid dienone is 3. The Morgan fingerprint density at radius 3 is 2.83 bits per heavy atom. The molecule has 12 heavy (non-hydrogen) atoms. The Kier molecular flexibility index (Phi) is 2.24. The van der Waals surface area contributed by atoms with Crippen LogP contribution in [-0.4, -0.2) is 5.54 Å². The van der Waals surface area contributed by atoms with Gasteiger partial charge in [-0.2, -0.15) is 0 Å². The molecule has 1 aliphatic carbocycles. The summed E-state index contributed by atoms with van der Waals surface area (Å²) in [7, 11) is 0. The summed E-state index contributed by atoms with van der Waals surface area (Å²) >= 11 is 0. The van der Waals surface area contributed by atoms with Crippen LogP contribution in [0.3, 0.4) is 0 Å². The van der Waals surface area contributed by atoms with Crippen LogP contribution in [0.25, 0.3) is 0 Å². The van der Waals surface area contributed by atoms with Crippen molar-refractivity contribution in [3.05, 3.63) is 40.5 Å². The van der Waals surface area contributed by atoms with Gasteiger partial charge in [0.1, 0.15) is 5.70 Å². The molecule has 0 spiro atoms. The molecule has 1 rings (SSSR count). The van der Waals surface area contributed by atoms with Gasteiger partial charge in [0, 0.05) is 0 Å². The van der Waals surface area contributed by atoms with Crippen molar-refractivity contribution in [1.82, 2.24) is 0 Å². The van der Waals surface area contributed by atoms with Crippen molar-refractivity contribution in [2.75, 3.05) is 0 Å². The second-order valence-corrected chi connectivity index (χ2v) is 3.20. The van der Waals surface area contributed by atoms with E-state index in [1.165, 1.54) is 0 Å². The predicted octanol–water partition coefficient (Wildman–Crippen LogP) is 1.87. The molecule has 0 heterocycles. The van der Waals surface area contributed by atoms with Gasteiger partial charge in [-0.1, -0.05) is 18.2 Å². The Hall–Kier alpha value is -1.22. The molecule has 0 aromatic heterocycles. The van der Waals surface area contributed by atoms with Crippen LogP contribution in [0, 0.1) is 4.91 Å². The van der Waals surface area contributed by atoms with E-state index in [1.54, 1.807) is 12.2 Å². The molecule has 0 saturated carbocycles. The van der Waals surface area contributed by atoms with Crippen molar-refractivity contribution in [3.8, 4) is 0 Å². The fraction of sp³-hybridized carbons (Fsp3) is 0.333. The summed E-state index contributed by atoms with van der Waals surface area (Å²) in [5, 5.41) is 2.89. The number of hydrogen-bond donors (Lipinski definition) is 1. The van der Waals surface area contributed by atoms with Crippen LogP contribution < -0.4 is 5.73 Å². The SMILES string of the molecule is CC1=CC(C)(N)C=CC=C1N=O. The first kappa shape index (κ1) is 8.87. The lowest BCUT2D eigenvalue weighted by molar-refractivity contribution is 0.731. The molecule has 64 valence electrons. The minimum absolute atomic E-state index is 0.445. The molecule has 3 heteroatoms. The first-order chi connectivity index (χ1) is 5.55. The first-order valence-corrected chi connectivity index (χ1v) is 3.77. The number of hydrogen-bond acceptors (Lipinski definition) is 3. The van der Waals surface area contributed by atoms with Crippen LogP contribution in [-0.2, 0) is 0 Å². The molecule has 0 radical (unpaired) electrons. The zero-order valence-corrected chi connectivity index (χ0v) is 7.24. The van der Waals surface area contributed by atoms with E-state index in [2.05, 4.69) is 5.18 Å². The highest BCUT2D eigenvalue weighted by atomic mass is 16.3. The third-order valence-corrected chi connectivity index (χ3v) is 1.74. The number of nitrogens with zero attached hydrogens (tertiary/aromatic N) is 1. The molecule has 1 aliphatic rings. The summed E-state index contributed by atoms with van der Waals surface area (Å²) in [6.45, 7) is 3.69. The average Bonchev–Trinajstić information content (AvgIpc) is 2.07. The van der Waals surface area contributed by atoms with Crippen LogP contribution in [0.2, 0.25) is 0 Å². The van der Waals surface area contributed by atoms with Crippen molar-refractivity contribution < 1.29 is 0 Å². The van der Waals surface area contributed by atoms with Gasteiger partial charge >= 0.3 is 0 Å². The van der Waals surface area contributed by atoms with Crippen molar-refractivity contribution in [1.29, 1.82) is 0 Å². The van der Waals surface area contributed by atoms with E-state index in [0.717, 1.165) is 5.57 Å². The molecule has 0 bridgehead atoms. The van der Waals surface area contributed by atoms with Gasteiger partial charge in [0.15, 0.2) is 0 Å². The third-order valence-electron chi connectivity index (χ3n) is 1.74. The normalized spacial score (nSPS) is 28.9. The molecular weight excluding hydrogens is 152 g/mol. The lowest BCUT2D eigenvalue weighted by Gasteiger charge is -2.14. The zero-order chi connectivity index (χ0) is 9.19. The Labute approximate surface area is 71.6 Å². The molecule has 0 aromatic carbocycles. The van der Waals surface area contributed by atoms with Crippen LogP contribution in [0.4, 0.5) is 0 Å². The smallest absolute Gasteiger partial charge is 0.110 e. The minimum atomic E-state index is -0.479. The second kappa shape index (κ2) is 3.03. The van der Waals surface area contributed by atoms with E-state index in [4.69, 9.17) is 5.73 Å². The van der Waals surface area contributed by atoms with Gasteiger partial charge in [0.25, 0.3) is 0 Å². The molecule has 0 saturated heterocycles. The van der Waals surface area contributed by atoms with E-state index in [9.17, 15) is 4.91 Å². The van der Waals surface area contributed by atoms with E-state index >= 15 is 0 Å². The standard InChI is InChI=1S/C9H12N2O/c1-7-6-9(2,10)5-3-4-8(7)11-12/h3-6H,10H2,1-2H3. The number of nitrogens with two attached hydrogens (primary N) is 1. The van der Waals surface area contributed by atoms with E-state index in [0.29, 0.717) is 5.70 Å². The highest BCUT2D eigenvalue weighted by molar-refractivity contribution is 5.39. The summed E-state index contributed by atoms with van der Waals surface area (Å²) in [4.78, 5) is 10.3. The molecule has 0 aliphatic heterocycles. The Bertz CT molecular complexity index is 285. The molecule has 1 atom stereocenters. The highest BCUT2D eigenvalue weighted by Gasteiger charge is 2.14. The summed E-state index contributed by atoms with van der Waals surface area (Å²) in [6, 6.07) is 0. The van der Waals surface area contributed by atoms with Gasteiger partial charge in [0.05, 0.1) is 5.54 Å². The van der Waals surface area contributed by atoms with Gasteiger partial charge in [-0.15, -0.1) is 4.91 Å². The fourth-order valence-corrected chi connectivity index (χ4v) is 1.17. The molecular formula is C9H12N2O. The van der Waals surface area contributed by atoms with Crippen molar-refractivity contribution in [3.63, 3.8) is 0 Å². The maximum Gasteiger partial charge on any atom is 0.110 e. The lowest BCUT2D eigenvalue weighted by atomic mass is 10.0. The van der Waals surface area contributed by atoms with E-state index < -0.39 is 5.54 Å². The zero-order valence-electron chi connectivity index (χ0n) is 7.24. The second-order valence-electron chi connectivity index (χ2n) is 3.20. The van der Waals surface area contributed by atoms with Crippen molar-refractivity contribution in [2.24, 2.45) is 10.9 Å². The lowest BCUT2D eigenvalue weighted by Crippen LogP contribution is -2.30. The van der Waals surface area contributed by atoms with Crippen molar-refractivity contribution >= 4 is 0 Å². The van der Waals surface area contributed by atoms with Gasteiger partial charge < -0.3 is 5.73 Å². The quantitative estimate of drug-likeness (QED) is 0.601. The Balaban J connectivity index is 3.08. The third kappa shape index (κ3) is 1.89. The van der Waals surface area contributed by atoms with Crippen molar-refractivity contribution in [2.45, 2.75) is 19.4 Å². The average molecular weight is 164 g/mol. The molecule has 0 amide bonds. The predicted molar refractivity (Wildman–Crippen MR) is 49.4 cm³/mol. The molecule has 3 nitrogen and oxygen atoms in total. The summed E-state index contributed by atoms with van der Waals surface area (Å²) < 4.78 is 0. The first-order valence-electron chi connectivity index (χ1n) is 3.77. The van der Waals surface area contributed by atoms with Gasteiger partial charge in [-0.3, -0.25) is 0 Å². The maximum absolute atomic E-state index is 10.3. The largest absolute Gasteiger partial charge is 0.319 e. The molecule has 1 unspecified atom stereocenters. The molecule has 2 N–H and O–H groups in total. The highest BCUT2D eigenvalue weighted by Crippen LogP contribution is 2.19. The summed E-state index contributed by atoms with van der Waals surface area (Å²) in [6.07, 6.45) is 7.07. The fourth-order valence-electron chi connectivity index (χ4n) is 1.17. The molecule has 0 fully saturated rings. The maximum atomic E-state index is 10.3. The van der Waals surface area contributed by atoms with Gasteiger partial charge in [-0.25, -0.2) is 0 Å². The van der Waals surface area contributed by atoms with Crippen LogP contribution >= 0.6 is 0 Å². The number of nitroso groups, excluding NO2 is 1. The monoisotopic (exact) mass is 164 g/mol. The number of rotatable bonds is 1.